The number of aromatic nitrogens is 7. The number of rotatable bonds is 8. The molecule has 6 rings (SSSR count). The lowest BCUT2D eigenvalue weighted by molar-refractivity contribution is 0.791. The molecule has 8 nitrogen and oxygen atoms in total. The summed E-state index contributed by atoms with van der Waals surface area (Å²) < 4.78 is 0. The Kier molecular flexibility index (Phi) is 5.90. The molecule has 0 aromatic carbocycles. The lowest BCUT2D eigenvalue weighted by Crippen LogP contribution is -1.99. The molecule has 182 valence electrons. The molecule has 3 N–H and O–H groups in total. The van der Waals surface area contributed by atoms with Crippen molar-refractivity contribution in [2.45, 2.75) is 26.2 Å². The van der Waals surface area contributed by atoms with Crippen molar-refractivity contribution in [2.75, 3.05) is 5.32 Å². The van der Waals surface area contributed by atoms with Crippen molar-refractivity contribution in [3.05, 3.63) is 85.9 Å². The number of allylic oxidation sites excluding steroid dienone is 1. The van der Waals surface area contributed by atoms with E-state index in [0.29, 0.717) is 0 Å². The minimum atomic E-state index is 0.799. The zero-order valence-corrected chi connectivity index (χ0v) is 20.5. The van der Waals surface area contributed by atoms with Crippen LogP contribution in [0.3, 0.4) is 0 Å². The van der Waals surface area contributed by atoms with Gasteiger partial charge < -0.3 is 10.3 Å². The predicted octanol–water partition coefficient (Wildman–Crippen LogP) is 6.74. The maximum absolute atomic E-state index is 4.66. The van der Waals surface area contributed by atoms with E-state index < -0.39 is 0 Å². The number of aromatic amines is 2. The molecule has 8 heteroatoms. The van der Waals surface area contributed by atoms with Crippen LogP contribution in [0.4, 0.5) is 5.69 Å². The first-order valence-electron chi connectivity index (χ1n) is 12.3. The number of nitrogens with zero attached hydrogens (tertiary/aromatic N) is 5. The number of unbranched alkanes of at least 4 members (excludes halogenated alkanes) is 1. The third-order valence-electron chi connectivity index (χ3n) is 6.39. The molecule has 0 aliphatic carbocycles. The number of nitrogens with one attached hydrogen (secondary N) is 3. The summed E-state index contributed by atoms with van der Waals surface area (Å²) in [5, 5.41) is 13.1. The van der Waals surface area contributed by atoms with Gasteiger partial charge in [-0.2, -0.15) is 5.10 Å². The number of fused-ring (bicyclic) bond motifs is 2. The van der Waals surface area contributed by atoms with Crippen LogP contribution in [0.15, 0.2) is 85.9 Å². The van der Waals surface area contributed by atoms with E-state index in [1.165, 1.54) is 0 Å². The van der Waals surface area contributed by atoms with E-state index in [4.69, 9.17) is 0 Å². The van der Waals surface area contributed by atoms with Crippen molar-refractivity contribution < 1.29 is 0 Å². The Labute approximate surface area is 214 Å². The Bertz CT molecular complexity index is 1710. The summed E-state index contributed by atoms with van der Waals surface area (Å²) in [4.78, 5) is 21.3. The number of H-pyrrole nitrogens is 2. The van der Waals surface area contributed by atoms with Crippen LogP contribution in [-0.4, -0.2) is 35.1 Å². The molecule has 0 saturated heterocycles. The zero-order valence-electron chi connectivity index (χ0n) is 20.5. The lowest BCUT2D eigenvalue weighted by atomic mass is 10.1. The second-order valence-corrected chi connectivity index (χ2v) is 9.03. The third-order valence-corrected chi connectivity index (χ3v) is 6.39. The SMILES string of the molecule is C=C(CCCC)Nc1cncc(-c2cc3c(-c4cc5c(-c6cccnc6)ccnc5[nH]4)n[nH]c3cn2)c1. The highest BCUT2D eigenvalue weighted by Crippen LogP contribution is 2.34. The fourth-order valence-corrected chi connectivity index (χ4v) is 4.51. The smallest absolute Gasteiger partial charge is 0.138 e. The van der Waals surface area contributed by atoms with E-state index in [1.54, 1.807) is 18.6 Å². The van der Waals surface area contributed by atoms with Gasteiger partial charge in [-0.3, -0.25) is 20.1 Å². The highest BCUT2D eigenvalue weighted by atomic mass is 15.1. The van der Waals surface area contributed by atoms with Gasteiger partial charge in [0.25, 0.3) is 0 Å². The second-order valence-electron chi connectivity index (χ2n) is 9.03. The van der Waals surface area contributed by atoms with Gasteiger partial charge in [0.05, 0.1) is 35.0 Å². The molecule has 6 aromatic heterocycles. The van der Waals surface area contributed by atoms with Gasteiger partial charge in [0.1, 0.15) is 11.3 Å². The number of anilines is 1. The normalized spacial score (nSPS) is 11.3. The van der Waals surface area contributed by atoms with Gasteiger partial charge in [-0.1, -0.05) is 26.0 Å². The van der Waals surface area contributed by atoms with Gasteiger partial charge in [-0.25, -0.2) is 4.98 Å². The monoisotopic (exact) mass is 486 g/mol. The molecule has 0 radical (unpaired) electrons. The first-order valence-corrected chi connectivity index (χ1v) is 12.3. The minimum absolute atomic E-state index is 0.799. The van der Waals surface area contributed by atoms with Crippen LogP contribution in [0.25, 0.3) is 55.7 Å². The fourth-order valence-electron chi connectivity index (χ4n) is 4.51. The maximum Gasteiger partial charge on any atom is 0.138 e. The van der Waals surface area contributed by atoms with Gasteiger partial charge in [-0.05, 0) is 48.7 Å². The first-order chi connectivity index (χ1) is 18.2. The van der Waals surface area contributed by atoms with Crippen LogP contribution in [0.5, 0.6) is 0 Å². The molecule has 0 bridgehead atoms. The van der Waals surface area contributed by atoms with Crippen LogP contribution in [-0.2, 0) is 0 Å². The number of hydrogen-bond donors (Lipinski definition) is 3. The highest BCUT2D eigenvalue weighted by Gasteiger charge is 2.15. The number of pyridine rings is 4. The molecular formula is C29H26N8. The quantitative estimate of drug-likeness (QED) is 0.220. The first kappa shape index (κ1) is 22.6. The van der Waals surface area contributed by atoms with Crippen LogP contribution in [0.2, 0.25) is 0 Å². The molecule has 0 aliphatic heterocycles. The molecular weight excluding hydrogens is 460 g/mol. The van der Waals surface area contributed by atoms with E-state index in [9.17, 15) is 0 Å². The summed E-state index contributed by atoms with van der Waals surface area (Å²) in [5.74, 6) is 0. The molecule has 6 heterocycles. The van der Waals surface area contributed by atoms with Gasteiger partial charge in [-0.15, -0.1) is 0 Å². The summed E-state index contributed by atoms with van der Waals surface area (Å²) in [6.07, 6.45) is 14.0. The van der Waals surface area contributed by atoms with Crippen molar-refractivity contribution >= 4 is 27.6 Å². The Morgan fingerprint density at radius 2 is 1.86 bits per heavy atom. The van der Waals surface area contributed by atoms with E-state index in [1.807, 2.05) is 48.9 Å². The van der Waals surface area contributed by atoms with Crippen LogP contribution in [0.1, 0.15) is 26.2 Å². The summed E-state index contributed by atoms with van der Waals surface area (Å²) >= 11 is 0. The zero-order chi connectivity index (χ0) is 25.2. The van der Waals surface area contributed by atoms with Crippen LogP contribution < -0.4 is 5.32 Å². The van der Waals surface area contributed by atoms with E-state index in [2.05, 4.69) is 60.0 Å². The van der Waals surface area contributed by atoms with Gasteiger partial charge in [0, 0.05) is 52.4 Å². The summed E-state index contributed by atoms with van der Waals surface area (Å²) in [6.45, 7) is 6.31. The summed E-state index contributed by atoms with van der Waals surface area (Å²) in [5.41, 5.74) is 9.07. The average Bonchev–Trinajstić information content (AvgIpc) is 3.56. The Balaban J connectivity index is 1.37. The predicted molar refractivity (Wildman–Crippen MR) is 148 cm³/mol. The molecule has 37 heavy (non-hydrogen) atoms. The maximum atomic E-state index is 4.66. The Morgan fingerprint density at radius 1 is 0.946 bits per heavy atom. The Morgan fingerprint density at radius 3 is 2.73 bits per heavy atom. The molecule has 0 saturated carbocycles. The minimum Gasteiger partial charge on any atom is -0.358 e. The largest absolute Gasteiger partial charge is 0.358 e. The van der Waals surface area contributed by atoms with Crippen molar-refractivity contribution in [3.8, 4) is 33.8 Å². The summed E-state index contributed by atoms with van der Waals surface area (Å²) in [7, 11) is 0. The second kappa shape index (κ2) is 9.66. The highest BCUT2D eigenvalue weighted by molar-refractivity contribution is 6.00. The van der Waals surface area contributed by atoms with Gasteiger partial charge in [0.2, 0.25) is 0 Å². The molecule has 0 unspecified atom stereocenters. The molecule has 6 aromatic rings. The Hall–Kier alpha value is -4.85. The molecule has 0 fully saturated rings. The van der Waals surface area contributed by atoms with Crippen molar-refractivity contribution in [1.29, 1.82) is 0 Å². The van der Waals surface area contributed by atoms with Gasteiger partial charge in [0.15, 0.2) is 0 Å². The molecule has 0 atom stereocenters. The molecule has 0 aliphatic rings. The standard InChI is InChI=1S/C29H26N8/c1-3-4-6-18(2)34-21-11-20(15-31-16-21)25-13-24-27(17-33-25)36-37-28(24)26-12-23-22(8-10-32-29(23)35-26)19-7-5-9-30-14-19/h5,7-17,34H,2-4,6H2,1H3,(H,32,35)(H,36,37). The topological polar surface area (TPSA) is 108 Å². The fraction of sp³-hybridized carbons (Fsp3) is 0.138. The van der Waals surface area contributed by atoms with Crippen molar-refractivity contribution in [1.82, 2.24) is 35.1 Å². The van der Waals surface area contributed by atoms with Crippen LogP contribution >= 0.6 is 0 Å². The molecule has 0 amide bonds. The lowest BCUT2D eigenvalue weighted by Gasteiger charge is -2.10. The van der Waals surface area contributed by atoms with E-state index in [-0.39, 0.29) is 0 Å². The number of hydrogen-bond acceptors (Lipinski definition) is 6. The van der Waals surface area contributed by atoms with E-state index >= 15 is 0 Å². The average molecular weight is 487 g/mol. The third kappa shape index (κ3) is 4.45. The summed E-state index contributed by atoms with van der Waals surface area (Å²) in [6, 6.07) is 12.2. The van der Waals surface area contributed by atoms with Crippen LogP contribution in [0, 0.1) is 0 Å². The van der Waals surface area contributed by atoms with Gasteiger partial charge >= 0.3 is 0 Å². The van der Waals surface area contributed by atoms with Crippen molar-refractivity contribution in [3.63, 3.8) is 0 Å². The van der Waals surface area contributed by atoms with Crippen molar-refractivity contribution in [2.24, 2.45) is 0 Å². The van der Waals surface area contributed by atoms with E-state index in [0.717, 1.165) is 86.4 Å². The molecule has 0 spiro atoms.